The van der Waals surface area contributed by atoms with E-state index in [1.54, 1.807) is 57.4 Å². The standard InChI is InChI=1S/C12H9F3O3S.C11H7F3O4S.C10H8O2.C3H8O.C2H6.CH4/c1-8-6-9-4-2-3-5-10(9)11(7-8)18-19(16,17)12(13,14)15;12-11(13,14)19(16,17)18-10-6-8(15)5-7-3-1-2-4-9(7)10;11-8-5-7-3-1-2-4-9(7)10(12)6-8;1-3-4-2;1-2;/h2-7H,1H3;1-6,15H;1-6,11-12H;3H2,1-2H3;1-2H3;1H4/i;;;;1D;. The monoisotopic (exact) mass is 849 g/mol. The van der Waals surface area contributed by atoms with E-state index < -0.39 is 42.8 Å². The summed E-state index contributed by atoms with van der Waals surface area (Å²) in [4.78, 5) is 0. The van der Waals surface area contributed by atoms with Crippen LogP contribution in [0, 0.1) is 6.92 Å². The third kappa shape index (κ3) is 13.9. The molecule has 0 atom stereocenters. The molecule has 3 N–H and O–H groups in total. The lowest BCUT2D eigenvalue weighted by Gasteiger charge is -2.12. The number of hydrogen-bond acceptors (Lipinski definition) is 10. The van der Waals surface area contributed by atoms with Gasteiger partial charge in [0.25, 0.3) is 0 Å². The molecule has 0 aliphatic carbocycles. The summed E-state index contributed by atoms with van der Waals surface area (Å²) in [6.07, 6.45) is 0. The van der Waals surface area contributed by atoms with Gasteiger partial charge < -0.3 is 28.4 Å². The first kappa shape index (κ1) is 47.7. The van der Waals surface area contributed by atoms with Crippen molar-refractivity contribution in [2.45, 2.75) is 46.1 Å². The molecule has 0 aliphatic rings. The number of rotatable bonds is 5. The maximum atomic E-state index is 12.3. The zero-order chi connectivity index (χ0) is 43.2. The number of halogens is 6. The van der Waals surface area contributed by atoms with Gasteiger partial charge >= 0.3 is 31.3 Å². The zero-order valence-electron chi connectivity index (χ0n) is 31.1. The highest BCUT2D eigenvalue weighted by Crippen LogP contribution is 2.35. The Kier molecular flexibility index (Phi) is 17.7. The van der Waals surface area contributed by atoms with Crippen LogP contribution in [0.3, 0.4) is 0 Å². The van der Waals surface area contributed by atoms with Crippen LogP contribution >= 0.6 is 0 Å². The Morgan fingerprint density at radius 1 is 0.614 bits per heavy atom. The molecule has 6 aromatic rings. The first-order valence-electron chi connectivity index (χ1n) is 16.6. The minimum atomic E-state index is -5.77. The third-order valence-electron chi connectivity index (χ3n) is 6.86. The molecule has 10 nitrogen and oxygen atoms in total. The zero-order valence-corrected chi connectivity index (χ0v) is 31.7. The Hall–Kier alpha value is -5.46. The maximum absolute atomic E-state index is 12.3. The predicted octanol–water partition coefficient (Wildman–Crippen LogP) is 10.7. The number of methoxy groups -OCH3 is 1. The van der Waals surface area contributed by atoms with Crippen molar-refractivity contribution in [1.29, 1.82) is 0 Å². The first-order valence-corrected chi connectivity index (χ1v) is 18.7. The first-order chi connectivity index (χ1) is 26.5. The topological polar surface area (TPSA) is 157 Å². The molecule has 0 bridgehead atoms. The number of phenolic OH excluding ortho intramolecular Hbond substituents is 3. The Balaban J connectivity index is 0.000000406. The van der Waals surface area contributed by atoms with Crippen molar-refractivity contribution in [3.8, 4) is 28.7 Å². The van der Waals surface area contributed by atoms with Gasteiger partial charge in [0.1, 0.15) is 17.2 Å². The van der Waals surface area contributed by atoms with Gasteiger partial charge in [0.15, 0.2) is 11.5 Å². The van der Waals surface area contributed by atoms with Gasteiger partial charge in [-0.05, 0) is 53.8 Å². The molecule has 6 rings (SSSR count). The van der Waals surface area contributed by atoms with E-state index in [0.717, 1.165) is 23.4 Å². The lowest BCUT2D eigenvalue weighted by atomic mass is 10.1. The molecule has 0 aromatic heterocycles. The van der Waals surface area contributed by atoms with E-state index in [-0.39, 0.29) is 30.1 Å². The summed E-state index contributed by atoms with van der Waals surface area (Å²) in [6.45, 7) is 6.71. The van der Waals surface area contributed by atoms with Crippen molar-refractivity contribution >= 4 is 52.6 Å². The van der Waals surface area contributed by atoms with Crippen LogP contribution in [0.1, 0.15) is 35.1 Å². The highest BCUT2D eigenvalue weighted by Gasteiger charge is 2.49. The number of aromatic hydroxyl groups is 3. The van der Waals surface area contributed by atoms with Gasteiger partial charge in [-0.25, -0.2) is 0 Å². The van der Waals surface area contributed by atoms with Gasteiger partial charge in [-0.2, -0.15) is 43.2 Å². The number of alkyl halides is 6. The van der Waals surface area contributed by atoms with Crippen LogP contribution in [-0.2, 0) is 25.0 Å². The molecule has 0 amide bonds. The van der Waals surface area contributed by atoms with Crippen molar-refractivity contribution < 1.29 is 73.0 Å². The predicted molar refractivity (Wildman–Crippen MR) is 208 cm³/mol. The normalized spacial score (nSPS) is 11.4. The van der Waals surface area contributed by atoms with Crippen LogP contribution in [-0.4, -0.2) is 56.9 Å². The second-order valence-corrected chi connectivity index (χ2v) is 14.0. The van der Waals surface area contributed by atoms with E-state index in [1.165, 1.54) is 42.5 Å². The quantitative estimate of drug-likeness (QED) is 0.0866. The Morgan fingerprint density at radius 2 is 0.947 bits per heavy atom. The number of hydrogen-bond donors (Lipinski definition) is 3. The molecule has 0 saturated carbocycles. The second kappa shape index (κ2) is 21.2. The molecule has 312 valence electrons. The van der Waals surface area contributed by atoms with E-state index in [4.69, 9.17) is 6.48 Å². The summed E-state index contributed by atoms with van der Waals surface area (Å²) in [7, 11) is -9.75. The number of aryl methyl sites for hydroxylation is 1. The van der Waals surface area contributed by atoms with Gasteiger partial charge in [-0.1, -0.05) is 100 Å². The van der Waals surface area contributed by atoms with Crippen LogP contribution in [0.4, 0.5) is 26.3 Å². The Labute approximate surface area is 328 Å². The lowest BCUT2D eigenvalue weighted by molar-refractivity contribution is -0.0504. The lowest BCUT2D eigenvalue weighted by Crippen LogP contribution is -2.28. The highest BCUT2D eigenvalue weighted by atomic mass is 32.2. The Bertz CT molecular complexity index is 2330. The third-order valence-corrected chi connectivity index (χ3v) is 8.79. The van der Waals surface area contributed by atoms with E-state index in [1.807, 2.05) is 31.2 Å². The summed E-state index contributed by atoms with van der Waals surface area (Å²) >= 11 is 0. The summed E-state index contributed by atoms with van der Waals surface area (Å²) in [5.41, 5.74) is -10.4. The van der Waals surface area contributed by atoms with Gasteiger partial charge in [0, 0.05) is 43.4 Å². The van der Waals surface area contributed by atoms with Crippen molar-refractivity contribution in [1.82, 2.24) is 0 Å². The minimum absolute atomic E-state index is 0. The average molecular weight is 850 g/mol. The number of fused-ring (bicyclic) bond motifs is 3. The summed E-state index contributed by atoms with van der Waals surface area (Å²) in [5.74, 6) is -1.09. The molecule has 0 fully saturated rings. The Morgan fingerprint density at radius 3 is 1.35 bits per heavy atom. The van der Waals surface area contributed by atoms with E-state index in [2.05, 4.69) is 13.1 Å². The second-order valence-electron chi connectivity index (χ2n) is 10.9. The molecule has 6 aromatic carbocycles. The van der Waals surface area contributed by atoms with E-state index in [0.29, 0.717) is 28.6 Å². The van der Waals surface area contributed by atoms with Gasteiger partial charge in [0.05, 0.1) is 0 Å². The minimum Gasteiger partial charge on any atom is -0.508 e. The van der Waals surface area contributed by atoms with Gasteiger partial charge in [0.2, 0.25) is 0 Å². The van der Waals surface area contributed by atoms with Crippen molar-refractivity contribution in [2.24, 2.45) is 0 Å². The summed E-state index contributed by atoms with van der Waals surface area (Å²) < 4.78 is 137. The molecule has 0 radical (unpaired) electrons. The molecule has 0 heterocycles. The fourth-order valence-electron chi connectivity index (χ4n) is 4.42. The van der Waals surface area contributed by atoms with Crippen LogP contribution in [0.25, 0.3) is 32.3 Å². The largest absolute Gasteiger partial charge is 0.534 e. The van der Waals surface area contributed by atoms with Crippen molar-refractivity contribution in [3.05, 3.63) is 115 Å². The average Bonchev–Trinajstić information content (AvgIpc) is 3.11. The molecule has 0 unspecified atom stereocenters. The van der Waals surface area contributed by atoms with Crippen LogP contribution in [0.15, 0.2) is 109 Å². The molecule has 0 saturated heterocycles. The molecule has 18 heteroatoms. The SMILES string of the molecule is C.CCOC.Cc1cc(OS(=O)(=O)C(F)(F)F)c2ccccc2c1.O=S(=O)(Oc1cc(O)cc2ccccc12)C(F)(F)F.Oc1cc(O)c2ccccc2c1.[2H]CC. The van der Waals surface area contributed by atoms with Gasteiger partial charge in [-0.3, -0.25) is 0 Å². The van der Waals surface area contributed by atoms with Gasteiger partial charge in [-0.15, -0.1) is 0 Å². The number of phenols is 3. The van der Waals surface area contributed by atoms with Crippen LogP contribution < -0.4 is 8.37 Å². The van der Waals surface area contributed by atoms with Crippen molar-refractivity contribution in [3.63, 3.8) is 0 Å². The fourth-order valence-corrected chi connectivity index (χ4v) is 5.36. The number of benzene rings is 6. The summed E-state index contributed by atoms with van der Waals surface area (Å²) in [5, 5.41) is 30.9. The molecule has 0 aliphatic heterocycles. The van der Waals surface area contributed by atoms with Crippen LogP contribution in [0.2, 0.25) is 0 Å². The molecule has 57 heavy (non-hydrogen) atoms. The van der Waals surface area contributed by atoms with E-state index >= 15 is 0 Å². The highest BCUT2D eigenvalue weighted by molar-refractivity contribution is 7.88. The molecular formula is C39H42F6O10S2. The molecule has 0 spiro atoms. The fraction of sp³-hybridized carbons (Fsp3) is 0.231. The van der Waals surface area contributed by atoms with Crippen molar-refractivity contribution in [2.75, 3.05) is 13.7 Å². The molecular weight excluding hydrogens is 807 g/mol. The maximum Gasteiger partial charge on any atom is 0.534 e. The summed E-state index contributed by atoms with van der Waals surface area (Å²) in [6, 6.07) is 27.8. The van der Waals surface area contributed by atoms with E-state index in [9.17, 15) is 53.4 Å². The smallest absolute Gasteiger partial charge is 0.508 e. The van der Waals surface area contributed by atoms with Crippen LogP contribution in [0.5, 0.6) is 28.7 Å². The number of ether oxygens (including phenoxy) is 1.